The molecule has 1 unspecified atom stereocenters. The number of carbonyl (C=O) groups excluding carboxylic acids is 1. The van der Waals surface area contributed by atoms with Gasteiger partial charge in [-0.1, -0.05) is 12.1 Å². The molecule has 0 aliphatic rings. The van der Waals surface area contributed by atoms with Crippen LogP contribution in [-0.4, -0.2) is 30.9 Å². The average molecular weight is 327 g/mol. The number of nitrogens with one attached hydrogen (secondary N) is 1. The highest BCUT2D eigenvalue weighted by Gasteiger charge is 2.13. The Morgan fingerprint density at radius 3 is 2.71 bits per heavy atom. The summed E-state index contributed by atoms with van der Waals surface area (Å²) in [6.07, 6.45) is 3.83. The number of amides is 1. The Hall–Kier alpha value is -2.83. The predicted molar refractivity (Wildman–Crippen MR) is 91.6 cm³/mol. The maximum absolute atomic E-state index is 12.3. The lowest BCUT2D eigenvalue weighted by Gasteiger charge is -2.14. The molecule has 126 valence electrons. The highest BCUT2D eigenvalue weighted by molar-refractivity contribution is 5.78. The summed E-state index contributed by atoms with van der Waals surface area (Å²) in [5, 5.41) is 7.06. The van der Waals surface area contributed by atoms with Gasteiger partial charge in [0.1, 0.15) is 0 Å². The number of benzene rings is 1. The van der Waals surface area contributed by atoms with Gasteiger partial charge >= 0.3 is 5.69 Å². The van der Waals surface area contributed by atoms with E-state index in [1.165, 1.54) is 0 Å². The van der Waals surface area contributed by atoms with Crippen LogP contribution < -0.4 is 11.0 Å². The number of carbonyl (C=O) groups is 1. The summed E-state index contributed by atoms with van der Waals surface area (Å²) < 4.78 is 5.03. The predicted octanol–water partition coefficient (Wildman–Crippen LogP) is 1.13. The normalized spacial score (nSPS) is 12.4. The number of imidazole rings is 1. The fourth-order valence-electron chi connectivity index (χ4n) is 2.87. The van der Waals surface area contributed by atoms with Gasteiger partial charge in [-0.3, -0.25) is 18.6 Å². The van der Waals surface area contributed by atoms with Gasteiger partial charge in [-0.15, -0.1) is 0 Å². The zero-order chi connectivity index (χ0) is 17.1. The topological polar surface area (TPSA) is 73.8 Å². The van der Waals surface area contributed by atoms with Crippen molar-refractivity contribution in [2.24, 2.45) is 7.05 Å². The Labute approximate surface area is 139 Å². The summed E-state index contributed by atoms with van der Waals surface area (Å²) >= 11 is 0. The molecule has 1 amide bonds. The summed E-state index contributed by atoms with van der Waals surface area (Å²) in [6, 6.07) is 9.41. The molecule has 0 saturated heterocycles. The van der Waals surface area contributed by atoms with Crippen LogP contribution in [0.2, 0.25) is 0 Å². The van der Waals surface area contributed by atoms with E-state index in [0.717, 1.165) is 11.0 Å². The Balaban J connectivity index is 1.62. The average Bonchev–Trinajstić information content (AvgIpc) is 3.14. The van der Waals surface area contributed by atoms with Crippen molar-refractivity contribution >= 4 is 16.9 Å². The largest absolute Gasteiger partial charge is 0.352 e. The first kappa shape index (κ1) is 16.0. The minimum atomic E-state index is -0.103. The van der Waals surface area contributed by atoms with Gasteiger partial charge < -0.3 is 5.32 Å². The molecule has 3 aromatic rings. The first-order valence-electron chi connectivity index (χ1n) is 7.97. The van der Waals surface area contributed by atoms with Crippen LogP contribution in [0.5, 0.6) is 0 Å². The van der Waals surface area contributed by atoms with Crippen LogP contribution in [0.15, 0.2) is 47.5 Å². The van der Waals surface area contributed by atoms with E-state index >= 15 is 0 Å². The molecule has 2 heterocycles. The van der Waals surface area contributed by atoms with Gasteiger partial charge in [0.25, 0.3) is 0 Å². The van der Waals surface area contributed by atoms with Crippen molar-refractivity contribution in [2.45, 2.75) is 32.5 Å². The van der Waals surface area contributed by atoms with E-state index in [4.69, 9.17) is 0 Å². The minimum absolute atomic E-state index is 0.0263. The maximum Gasteiger partial charge on any atom is 0.328 e. The van der Waals surface area contributed by atoms with Gasteiger partial charge in [-0.25, -0.2) is 4.79 Å². The van der Waals surface area contributed by atoms with Gasteiger partial charge in [0.15, 0.2) is 0 Å². The highest BCUT2D eigenvalue weighted by atomic mass is 16.2. The zero-order valence-electron chi connectivity index (χ0n) is 13.8. The zero-order valence-corrected chi connectivity index (χ0v) is 13.8. The van der Waals surface area contributed by atoms with Crippen LogP contribution in [0.3, 0.4) is 0 Å². The third kappa shape index (κ3) is 3.24. The third-order valence-electron chi connectivity index (χ3n) is 4.04. The van der Waals surface area contributed by atoms with Crippen molar-refractivity contribution in [2.75, 3.05) is 0 Å². The first-order chi connectivity index (χ1) is 11.6. The quantitative estimate of drug-likeness (QED) is 0.737. The summed E-state index contributed by atoms with van der Waals surface area (Å²) in [5.74, 6) is -0.0745. The van der Waals surface area contributed by atoms with Gasteiger partial charge in [0.2, 0.25) is 5.91 Å². The highest BCUT2D eigenvalue weighted by Crippen LogP contribution is 2.11. The number of fused-ring (bicyclic) bond motifs is 1. The van der Waals surface area contributed by atoms with E-state index in [9.17, 15) is 9.59 Å². The Morgan fingerprint density at radius 1 is 1.25 bits per heavy atom. The van der Waals surface area contributed by atoms with Gasteiger partial charge in [0, 0.05) is 38.4 Å². The second kappa shape index (κ2) is 6.74. The van der Waals surface area contributed by atoms with Crippen LogP contribution in [-0.2, 0) is 24.9 Å². The van der Waals surface area contributed by atoms with Crippen LogP contribution in [0.25, 0.3) is 11.0 Å². The molecule has 0 saturated carbocycles. The Morgan fingerprint density at radius 2 is 2.00 bits per heavy atom. The molecular formula is C17H21N5O2. The molecule has 0 bridgehead atoms. The number of aryl methyl sites for hydroxylation is 2. The third-order valence-corrected chi connectivity index (χ3v) is 4.04. The molecule has 1 N–H and O–H groups in total. The lowest BCUT2D eigenvalue weighted by atomic mass is 10.3. The molecule has 7 heteroatoms. The summed E-state index contributed by atoms with van der Waals surface area (Å²) in [5.41, 5.74) is 1.62. The number of rotatable bonds is 6. The van der Waals surface area contributed by atoms with E-state index in [0.29, 0.717) is 13.1 Å². The fraction of sp³-hybridized carbons (Fsp3) is 0.353. The molecule has 0 radical (unpaired) electrons. The van der Waals surface area contributed by atoms with Gasteiger partial charge in [-0.2, -0.15) is 5.10 Å². The molecule has 1 aromatic carbocycles. The summed E-state index contributed by atoms with van der Waals surface area (Å²) in [4.78, 5) is 24.5. The number of para-hydroxylation sites is 2. The second-order valence-electron chi connectivity index (χ2n) is 5.93. The van der Waals surface area contributed by atoms with Crippen molar-refractivity contribution in [1.82, 2.24) is 24.2 Å². The fourth-order valence-corrected chi connectivity index (χ4v) is 2.87. The standard InChI is InChI=1S/C17H21N5O2/c1-13(12-21-10-5-9-18-21)19-16(23)8-11-22-15-7-4-3-6-14(15)20(2)17(22)24/h3-7,9-10,13H,8,11-12H2,1-2H3,(H,19,23). The van der Waals surface area contributed by atoms with E-state index in [1.54, 1.807) is 27.1 Å². The van der Waals surface area contributed by atoms with Crippen LogP contribution in [0.4, 0.5) is 0 Å². The molecular weight excluding hydrogens is 306 g/mol. The molecule has 1 atom stereocenters. The van der Waals surface area contributed by atoms with E-state index in [1.807, 2.05) is 43.5 Å². The number of nitrogens with zero attached hydrogens (tertiary/aromatic N) is 4. The molecule has 3 rings (SSSR count). The van der Waals surface area contributed by atoms with Gasteiger partial charge in [-0.05, 0) is 25.1 Å². The van der Waals surface area contributed by atoms with E-state index in [2.05, 4.69) is 10.4 Å². The van der Waals surface area contributed by atoms with Crippen molar-refractivity contribution in [1.29, 1.82) is 0 Å². The molecule has 2 aromatic heterocycles. The smallest absolute Gasteiger partial charge is 0.328 e. The molecule has 0 aliphatic carbocycles. The van der Waals surface area contributed by atoms with Crippen LogP contribution >= 0.6 is 0 Å². The van der Waals surface area contributed by atoms with E-state index in [-0.39, 0.29) is 24.1 Å². The minimum Gasteiger partial charge on any atom is -0.352 e. The SMILES string of the molecule is CC(Cn1cccn1)NC(=O)CCn1c(=O)n(C)c2ccccc21. The first-order valence-corrected chi connectivity index (χ1v) is 7.97. The Bertz CT molecular complexity index is 891. The molecule has 0 aliphatic heterocycles. The molecule has 0 fully saturated rings. The lowest BCUT2D eigenvalue weighted by Crippen LogP contribution is -2.36. The number of hydrogen-bond acceptors (Lipinski definition) is 3. The van der Waals surface area contributed by atoms with Crippen LogP contribution in [0.1, 0.15) is 13.3 Å². The number of aromatic nitrogens is 4. The molecule has 7 nitrogen and oxygen atoms in total. The monoisotopic (exact) mass is 327 g/mol. The summed E-state index contributed by atoms with van der Waals surface area (Å²) in [7, 11) is 1.74. The van der Waals surface area contributed by atoms with Crippen molar-refractivity contribution < 1.29 is 4.79 Å². The molecule has 0 spiro atoms. The number of hydrogen-bond donors (Lipinski definition) is 1. The van der Waals surface area contributed by atoms with Crippen molar-refractivity contribution in [3.05, 3.63) is 53.2 Å². The lowest BCUT2D eigenvalue weighted by molar-refractivity contribution is -0.122. The molecule has 24 heavy (non-hydrogen) atoms. The maximum atomic E-state index is 12.3. The van der Waals surface area contributed by atoms with Crippen molar-refractivity contribution in [3.63, 3.8) is 0 Å². The second-order valence-corrected chi connectivity index (χ2v) is 5.93. The summed E-state index contributed by atoms with van der Waals surface area (Å²) in [6.45, 7) is 2.91. The Kier molecular flexibility index (Phi) is 4.50. The van der Waals surface area contributed by atoms with Gasteiger partial charge in [0.05, 0.1) is 17.6 Å². The van der Waals surface area contributed by atoms with Crippen LogP contribution in [0, 0.1) is 0 Å². The van der Waals surface area contributed by atoms with E-state index < -0.39 is 0 Å². The van der Waals surface area contributed by atoms with Crippen molar-refractivity contribution in [3.8, 4) is 0 Å².